The SMILES string of the molecule is CC(C)c1c(C(=O)Nc2ccccc2)c(-c2ccccc2)c(-c2ccc(Cl)cc2)n1CC[C@@H]1C[C@H](CC(=O)O)OC(C)(C)O1. The first-order chi connectivity index (χ1) is 21.0. The van der Waals surface area contributed by atoms with Gasteiger partial charge in [0.1, 0.15) is 0 Å². The van der Waals surface area contributed by atoms with E-state index in [4.69, 9.17) is 21.1 Å². The molecule has 1 amide bonds. The van der Waals surface area contributed by atoms with Crippen molar-refractivity contribution in [3.05, 3.63) is 101 Å². The summed E-state index contributed by atoms with van der Waals surface area (Å²) in [5.74, 6) is -1.99. The fraction of sp³-hybridized carbons (Fsp3) is 0.333. The molecule has 2 heterocycles. The zero-order valence-electron chi connectivity index (χ0n) is 25.5. The number of para-hydroxylation sites is 1. The van der Waals surface area contributed by atoms with Crippen LogP contribution in [0.4, 0.5) is 5.69 Å². The lowest BCUT2D eigenvalue weighted by Crippen LogP contribution is -2.45. The van der Waals surface area contributed by atoms with Gasteiger partial charge in [0, 0.05) is 34.9 Å². The molecule has 0 saturated carbocycles. The summed E-state index contributed by atoms with van der Waals surface area (Å²) in [7, 11) is 0. The topological polar surface area (TPSA) is 89.8 Å². The molecule has 44 heavy (non-hydrogen) atoms. The molecule has 0 radical (unpaired) electrons. The van der Waals surface area contributed by atoms with Crippen LogP contribution in [0.2, 0.25) is 5.02 Å². The third-order valence-electron chi connectivity index (χ3n) is 7.79. The molecular weight excluding hydrogens is 576 g/mol. The molecule has 0 unspecified atom stereocenters. The van der Waals surface area contributed by atoms with Crippen LogP contribution in [0, 0.1) is 0 Å². The summed E-state index contributed by atoms with van der Waals surface area (Å²) in [5.41, 5.74) is 5.89. The number of nitrogens with zero attached hydrogens (tertiary/aromatic N) is 1. The van der Waals surface area contributed by atoms with Gasteiger partial charge in [0.25, 0.3) is 5.91 Å². The number of hydrogen-bond acceptors (Lipinski definition) is 4. The highest BCUT2D eigenvalue weighted by molar-refractivity contribution is 6.30. The van der Waals surface area contributed by atoms with Crippen LogP contribution in [0.3, 0.4) is 0 Å². The van der Waals surface area contributed by atoms with Gasteiger partial charge in [-0.25, -0.2) is 0 Å². The van der Waals surface area contributed by atoms with Crippen molar-refractivity contribution in [1.29, 1.82) is 0 Å². The number of benzene rings is 3. The number of halogens is 1. The van der Waals surface area contributed by atoms with Crippen molar-refractivity contribution in [3.8, 4) is 22.4 Å². The number of anilines is 1. The van der Waals surface area contributed by atoms with E-state index in [1.54, 1.807) is 0 Å². The predicted molar refractivity (Wildman–Crippen MR) is 174 cm³/mol. The summed E-state index contributed by atoms with van der Waals surface area (Å²) in [6.07, 6.45) is 0.314. The van der Waals surface area contributed by atoms with Crippen LogP contribution in [-0.2, 0) is 20.8 Å². The second-order valence-corrected chi connectivity index (χ2v) is 12.4. The van der Waals surface area contributed by atoms with Crippen LogP contribution in [0.25, 0.3) is 22.4 Å². The van der Waals surface area contributed by atoms with Gasteiger partial charge in [-0.1, -0.05) is 86.1 Å². The number of hydrogen-bond donors (Lipinski definition) is 2. The second kappa shape index (κ2) is 13.4. The molecule has 7 nitrogen and oxygen atoms in total. The van der Waals surface area contributed by atoms with E-state index >= 15 is 0 Å². The van der Waals surface area contributed by atoms with Gasteiger partial charge in [0.2, 0.25) is 0 Å². The third-order valence-corrected chi connectivity index (χ3v) is 8.05. The Kier molecular flexibility index (Phi) is 9.59. The van der Waals surface area contributed by atoms with Crippen molar-refractivity contribution >= 4 is 29.2 Å². The largest absolute Gasteiger partial charge is 0.481 e. The van der Waals surface area contributed by atoms with Gasteiger partial charge in [0.05, 0.1) is 29.9 Å². The maximum absolute atomic E-state index is 14.3. The van der Waals surface area contributed by atoms with Crippen LogP contribution < -0.4 is 5.32 Å². The molecule has 0 bridgehead atoms. The van der Waals surface area contributed by atoms with Gasteiger partial charge in [0.15, 0.2) is 5.79 Å². The Morgan fingerprint density at radius 3 is 2.16 bits per heavy atom. The molecule has 1 saturated heterocycles. The Morgan fingerprint density at radius 2 is 1.55 bits per heavy atom. The molecule has 1 aromatic heterocycles. The number of rotatable bonds is 10. The van der Waals surface area contributed by atoms with Gasteiger partial charge in [-0.15, -0.1) is 0 Å². The Balaban J connectivity index is 1.66. The zero-order chi connectivity index (χ0) is 31.4. The highest BCUT2D eigenvalue weighted by atomic mass is 35.5. The Bertz CT molecular complexity index is 1600. The number of ether oxygens (including phenoxy) is 2. The highest BCUT2D eigenvalue weighted by Crippen LogP contribution is 2.43. The van der Waals surface area contributed by atoms with Crippen LogP contribution >= 0.6 is 11.6 Å². The van der Waals surface area contributed by atoms with Gasteiger partial charge < -0.3 is 24.5 Å². The van der Waals surface area contributed by atoms with E-state index in [1.807, 2.05) is 98.8 Å². The molecule has 4 aromatic rings. The minimum absolute atomic E-state index is 0.00171. The summed E-state index contributed by atoms with van der Waals surface area (Å²) in [6.45, 7) is 8.39. The van der Waals surface area contributed by atoms with Crippen molar-refractivity contribution in [2.45, 2.75) is 77.4 Å². The molecule has 0 aliphatic carbocycles. The number of aliphatic carboxylic acids is 1. The Labute approximate surface area is 263 Å². The fourth-order valence-corrected chi connectivity index (χ4v) is 6.32. The van der Waals surface area contributed by atoms with Gasteiger partial charge in [-0.2, -0.15) is 0 Å². The summed E-state index contributed by atoms with van der Waals surface area (Å²) in [4.78, 5) is 25.8. The van der Waals surface area contributed by atoms with Crippen molar-refractivity contribution in [2.24, 2.45) is 0 Å². The molecule has 8 heteroatoms. The summed E-state index contributed by atoms with van der Waals surface area (Å²) in [6, 6.07) is 27.2. The van der Waals surface area contributed by atoms with E-state index in [-0.39, 0.29) is 24.3 Å². The number of nitrogens with one attached hydrogen (secondary N) is 1. The van der Waals surface area contributed by atoms with Crippen molar-refractivity contribution < 1.29 is 24.2 Å². The summed E-state index contributed by atoms with van der Waals surface area (Å²) < 4.78 is 14.5. The van der Waals surface area contributed by atoms with E-state index in [2.05, 4.69) is 23.7 Å². The number of amides is 1. The lowest BCUT2D eigenvalue weighted by atomic mass is 9.94. The van der Waals surface area contributed by atoms with E-state index in [0.717, 1.165) is 28.1 Å². The average Bonchev–Trinajstić information content (AvgIpc) is 3.32. The maximum Gasteiger partial charge on any atom is 0.305 e. The summed E-state index contributed by atoms with van der Waals surface area (Å²) >= 11 is 6.32. The first-order valence-electron chi connectivity index (χ1n) is 15.0. The predicted octanol–water partition coefficient (Wildman–Crippen LogP) is 8.63. The van der Waals surface area contributed by atoms with Crippen molar-refractivity contribution in [1.82, 2.24) is 4.57 Å². The van der Waals surface area contributed by atoms with Crippen LogP contribution in [0.15, 0.2) is 84.9 Å². The monoisotopic (exact) mass is 614 g/mol. The number of carboxylic acids is 1. The molecule has 1 aliphatic rings. The maximum atomic E-state index is 14.3. The molecule has 1 aliphatic heterocycles. The lowest BCUT2D eigenvalue weighted by Gasteiger charge is -2.40. The van der Waals surface area contributed by atoms with E-state index in [9.17, 15) is 14.7 Å². The quantitative estimate of drug-likeness (QED) is 0.187. The molecule has 2 N–H and O–H groups in total. The number of carbonyl (C=O) groups is 2. The van der Waals surface area contributed by atoms with Crippen molar-refractivity contribution in [3.63, 3.8) is 0 Å². The van der Waals surface area contributed by atoms with Gasteiger partial charge in [-0.05, 0) is 61.6 Å². The van der Waals surface area contributed by atoms with Crippen LogP contribution in [-0.4, -0.2) is 39.5 Å². The lowest BCUT2D eigenvalue weighted by molar-refractivity contribution is -0.300. The van der Waals surface area contributed by atoms with Crippen LogP contribution in [0.5, 0.6) is 0 Å². The molecule has 3 aromatic carbocycles. The third kappa shape index (κ3) is 7.24. The molecule has 5 rings (SSSR count). The molecular formula is C36H39ClN2O5. The smallest absolute Gasteiger partial charge is 0.305 e. The van der Waals surface area contributed by atoms with E-state index in [0.29, 0.717) is 35.7 Å². The standard InChI is InChI=1S/C36H39ClN2O5/c1-23(2)33-32(35(42)38-27-13-9-6-10-14-27)31(24-11-7-5-8-12-24)34(25-15-17-26(37)18-16-25)39(33)20-19-28-21-29(22-30(40)41)44-36(3,4)43-28/h5-18,23,28-29H,19-22H2,1-4H3,(H,38,42)(H,40,41)/t28-,29-/m1/s1. The number of carboxylic acid groups (broad SMARTS) is 1. The summed E-state index contributed by atoms with van der Waals surface area (Å²) in [5, 5.41) is 13.2. The molecule has 0 spiro atoms. The Hall–Kier alpha value is -3.91. The fourth-order valence-electron chi connectivity index (χ4n) is 6.20. The molecule has 230 valence electrons. The Morgan fingerprint density at radius 1 is 0.932 bits per heavy atom. The van der Waals surface area contributed by atoms with Crippen LogP contribution in [0.1, 0.15) is 68.9 Å². The average molecular weight is 615 g/mol. The minimum atomic E-state index is -0.907. The number of aromatic nitrogens is 1. The first-order valence-corrected chi connectivity index (χ1v) is 15.4. The normalized spacial score (nSPS) is 17.9. The van der Waals surface area contributed by atoms with E-state index < -0.39 is 17.9 Å². The number of carbonyl (C=O) groups excluding carboxylic acids is 1. The second-order valence-electron chi connectivity index (χ2n) is 12.0. The van der Waals surface area contributed by atoms with Gasteiger partial charge in [-0.3, -0.25) is 9.59 Å². The molecule has 1 fully saturated rings. The van der Waals surface area contributed by atoms with E-state index in [1.165, 1.54) is 0 Å². The molecule has 2 atom stereocenters. The van der Waals surface area contributed by atoms with Gasteiger partial charge >= 0.3 is 5.97 Å². The highest BCUT2D eigenvalue weighted by Gasteiger charge is 2.37. The zero-order valence-corrected chi connectivity index (χ0v) is 26.3. The minimum Gasteiger partial charge on any atom is -0.481 e. The van der Waals surface area contributed by atoms with Crippen molar-refractivity contribution in [2.75, 3.05) is 5.32 Å². The first kappa shape index (κ1) is 31.5.